The second kappa shape index (κ2) is 7.40. The summed E-state index contributed by atoms with van der Waals surface area (Å²) in [6.07, 6.45) is 2.05. The number of rotatable bonds is 7. The lowest BCUT2D eigenvalue weighted by atomic mass is 10.1. The molecule has 0 aliphatic rings. The van der Waals surface area contributed by atoms with E-state index in [0.29, 0.717) is 17.9 Å². The third-order valence-electron chi connectivity index (χ3n) is 2.56. The van der Waals surface area contributed by atoms with Crippen LogP contribution in [0.25, 0.3) is 0 Å². The van der Waals surface area contributed by atoms with Crippen LogP contribution in [0.1, 0.15) is 37.6 Å². The summed E-state index contributed by atoms with van der Waals surface area (Å²) in [7, 11) is 0. The number of carbonyl (C=O) groups is 2. The fourth-order valence-corrected chi connectivity index (χ4v) is 1.55. The molecule has 106 valence electrons. The van der Waals surface area contributed by atoms with Crippen LogP contribution < -0.4 is 10.6 Å². The van der Waals surface area contributed by atoms with E-state index in [2.05, 4.69) is 15.8 Å². The number of urea groups is 1. The normalized spacial score (nSPS) is 11.9. The van der Waals surface area contributed by atoms with Crippen molar-refractivity contribution >= 4 is 12.0 Å². The van der Waals surface area contributed by atoms with Gasteiger partial charge in [-0.1, -0.05) is 24.9 Å². The Hall–Kier alpha value is -2.05. The number of aliphatic carboxylic acids is 1. The molecule has 1 aromatic rings. The maximum atomic E-state index is 11.6. The molecule has 1 rings (SSSR count). The van der Waals surface area contributed by atoms with Crippen LogP contribution in [0.15, 0.2) is 10.6 Å². The first-order valence-electron chi connectivity index (χ1n) is 6.22. The molecule has 2 amide bonds. The lowest BCUT2D eigenvalue weighted by Crippen LogP contribution is -2.45. The Kier molecular flexibility index (Phi) is 5.84. The van der Waals surface area contributed by atoms with Gasteiger partial charge in [0.25, 0.3) is 0 Å². The van der Waals surface area contributed by atoms with Gasteiger partial charge < -0.3 is 20.3 Å². The van der Waals surface area contributed by atoms with E-state index in [-0.39, 0.29) is 6.54 Å². The van der Waals surface area contributed by atoms with Gasteiger partial charge in [0, 0.05) is 6.07 Å². The highest BCUT2D eigenvalue weighted by atomic mass is 16.5. The number of carboxylic acids is 1. The average molecular weight is 269 g/mol. The molecule has 19 heavy (non-hydrogen) atoms. The first kappa shape index (κ1) is 15.0. The first-order valence-corrected chi connectivity index (χ1v) is 6.22. The zero-order valence-electron chi connectivity index (χ0n) is 11.1. The molecular weight excluding hydrogens is 250 g/mol. The Labute approximate surface area is 111 Å². The predicted octanol–water partition coefficient (Wildman–Crippen LogP) is 1.43. The molecule has 0 fully saturated rings. The average Bonchev–Trinajstić information content (AvgIpc) is 2.77. The monoisotopic (exact) mass is 269 g/mol. The molecule has 0 aromatic carbocycles. The van der Waals surface area contributed by atoms with Gasteiger partial charge in [-0.05, 0) is 13.3 Å². The molecular formula is C12H19N3O4. The summed E-state index contributed by atoms with van der Waals surface area (Å²) in [6.45, 7) is 3.91. The van der Waals surface area contributed by atoms with Gasteiger partial charge in [-0.25, -0.2) is 9.59 Å². The molecule has 1 aromatic heterocycles. The van der Waals surface area contributed by atoms with Crippen molar-refractivity contribution in [1.29, 1.82) is 0 Å². The van der Waals surface area contributed by atoms with Crippen molar-refractivity contribution in [3.05, 3.63) is 17.5 Å². The maximum absolute atomic E-state index is 11.6. The van der Waals surface area contributed by atoms with E-state index < -0.39 is 18.0 Å². The van der Waals surface area contributed by atoms with Crippen molar-refractivity contribution in [3.63, 3.8) is 0 Å². The first-order chi connectivity index (χ1) is 9.02. The quantitative estimate of drug-likeness (QED) is 0.694. The molecule has 0 saturated carbocycles. The van der Waals surface area contributed by atoms with Crippen molar-refractivity contribution in [3.8, 4) is 0 Å². The lowest BCUT2D eigenvalue weighted by molar-refractivity contribution is -0.139. The van der Waals surface area contributed by atoms with Crippen molar-refractivity contribution in [1.82, 2.24) is 15.8 Å². The van der Waals surface area contributed by atoms with Gasteiger partial charge in [0.05, 0.1) is 6.54 Å². The van der Waals surface area contributed by atoms with Crippen molar-refractivity contribution < 1.29 is 19.2 Å². The summed E-state index contributed by atoms with van der Waals surface area (Å²) in [5.74, 6) is -0.371. The lowest BCUT2D eigenvalue weighted by Gasteiger charge is -2.14. The summed E-state index contributed by atoms with van der Waals surface area (Å²) >= 11 is 0. The van der Waals surface area contributed by atoms with Crippen molar-refractivity contribution in [2.24, 2.45) is 0 Å². The number of carbonyl (C=O) groups excluding carboxylic acids is 1. The Morgan fingerprint density at radius 3 is 2.79 bits per heavy atom. The molecule has 0 saturated heterocycles. The van der Waals surface area contributed by atoms with Crippen LogP contribution in [0, 0.1) is 6.92 Å². The molecule has 1 unspecified atom stereocenters. The highest BCUT2D eigenvalue weighted by Crippen LogP contribution is 2.02. The van der Waals surface area contributed by atoms with Gasteiger partial charge >= 0.3 is 12.0 Å². The van der Waals surface area contributed by atoms with Crippen LogP contribution in [-0.2, 0) is 11.3 Å². The van der Waals surface area contributed by atoms with E-state index in [1.165, 1.54) is 0 Å². The van der Waals surface area contributed by atoms with Gasteiger partial charge in [0.15, 0.2) is 0 Å². The summed E-state index contributed by atoms with van der Waals surface area (Å²) in [6, 6.07) is 0.314. The zero-order chi connectivity index (χ0) is 14.3. The molecule has 0 spiro atoms. The van der Waals surface area contributed by atoms with Gasteiger partial charge in [-0.15, -0.1) is 0 Å². The van der Waals surface area contributed by atoms with E-state index in [9.17, 15) is 9.59 Å². The number of amides is 2. The molecule has 7 heteroatoms. The third-order valence-corrected chi connectivity index (χ3v) is 2.56. The molecule has 0 aliphatic carbocycles. The summed E-state index contributed by atoms with van der Waals surface area (Å²) in [4.78, 5) is 22.5. The summed E-state index contributed by atoms with van der Waals surface area (Å²) in [5, 5.41) is 17.6. The van der Waals surface area contributed by atoms with Gasteiger partial charge in [0.2, 0.25) is 0 Å². The SMILES string of the molecule is CCCCC(NC(=O)NCc1cc(C)on1)C(=O)O. The fourth-order valence-electron chi connectivity index (χ4n) is 1.55. The van der Waals surface area contributed by atoms with Gasteiger partial charge in [-0.3, -0.25) is 0 Å². The summed E-state index contributed by atoms with van der Waals surface area (Å²) < 4.78 is 4.85. The van der Waals surface area contributed by atoms with E-state index in [1.54, 1.807) is 13.0 Å². The molecule has 0 bridgehead atoms. The molecule has 1 heterocycles. The van der Waals surface area contributed by atoms with Crippen molar-refractivity contribution in [2.75, 3.05) is 0 Å². The number of nitrogens with one attached hydrogen (secondary N) is 2. The van der Waals surface area contributed by atoms with E-state index >= 15 is 0 Å². The number of aromatic nitrogens is 1. The fraction of sp³-hybridized carbons (Fsp3) is 0.583. The zero-order valence-corrected chi connectivity index (χ0v) is 11.1. The number of unbranched alkanes of at least 4 members (excludes halogenated alkanes) is 1. The van der Waals surface area contributed by atoms with Crippen LogP contribution >= 0.6 is 0 Å². The largest absolute Gasteiger partial charge is 0.480 e. The van der Waals surface area contributed by atoms with Crippen LogP contribution in [0.3, 0.4) is 0 Å². The van der Waals surface area contributed by atoms with Crippen LogP contribution in [0.5, 0.6) is 0 Å². The maximum Gasteiger partial charge on any atom is 0.326 e. The van der Waals surface area contributed by atoms with E-state index in [1.807, 2.05) is 6.92 Å². The highest BCUT2D eigenvalue weighted by molar-refractivity contribution is 5.82. The molecule has 7 nitrogen and oxygen atoms in total. The highest BCUT2D eigenvalue weighted by Gasteiger charge is 2.18. The molecule has 0 radical (unpaired) electrons. The second-order valence-electron chi connectivity index (χ2n) is 4.29. The number of hydrogen-bond donors (Lipinski definition) is 3. The minimum Gasteiger partial charge on any atom is -0.480 e. The number of aryl methyl sites for hydroxylation is 1. The number of carboxylic acid groups (broad SMARTS) is 1. The van der Waals surface area contributed by atoms with E-state index in [0.717, 1.165) is 12.8 Å². The molecule has 3 N–H and O–H groups in total. The Balaban J connectivity index is 2.37. The van der Waals surface area contributed by atoms with Crippen LogP contribution in [0.2, 0.25) is 0 Å². The third kappa shape index (κ3) is 5.41. The Morgan fingerprint density at radius 2 is 2.26 bits per heavy atom. The second-order valence-corrected chi connectivity index (χ2v) is 4.29. The van der Waals surface area contributed by atoms with Gasteiger partial charge in [-0.2, -0.15) is 0 Å². The standard InChI is InChI=1S/C12H19N3O4/c1-3-4-5-10(11(16)17)14-12(18)13-7-9-6-8(2)19-15-9/h6,10H,3-5,7H2,1-2H3,(H,16,17)(H2,13,14,18). The molecule has 0 aliphatic heterocycles. The van der Waals surface area contributed by atoms with Crippen molar-refractivity contribution in [2.45, 2.75) is 45.7 Å². The Bertz CT molecular complexity index is 430. The number of hydrogen-bond acceptors (Lipinski definition) is 4. The minimum atomic E-state index is -1.03. The van der Waals surface area contributed by atoms with Crippen LogP contribution in [0.4, 0.5) is 4.79 Å². The predicted molar refractivity (Wildman–Crippen MR) is 67.6 cm³/mol. The van der Waals surface area contributed by atoms with Gasteiger partial charge in [0.1, 0.15) is 17.5 Å². The van der Waals surface area contributed by atoms with E-state index in [4.69, 9.17) is 9.63 Å². The Morgan fingerprint density at radius 1 is 1.53 bits per heavy atom. The smallest absolute Gasteiger partial charge is 0.326 e. The molecule has 1 atom stereocenters. The number of nitrogens with zero attached hydrogens (tertiary/aromatic N) is 1. The summed E-state index contributed by atoms with van der Waals surface area (Å²) in [5.41, 5.74) is 0.591. The van der Waals surface area contributed by atoms with Crippen LogP contribution in [-0.4, -0.2) is 28.3 Å². The topological polar surface area (TPSA) is 104 Å². The minimum absolute atomic E-state index is 0.198.